The van der Waals surface area contributed by atoms with E-state index in [0.29, 0.717) is 0 Å². The van der Waals surface area contributed by atoms with Crippen LogP contribution in [0.5, 0.6) is 0 Å². The van der Waals surface area contributed by atoms with Crippen molar-refractivity contribution in [1.82, 2.24) is 19.2 Å². The molecule has 0 bridgehead atoms. The van der Waals surface area contributed by atoms with Crippen LogP contribution in [-0.2, 0) is 28.4 Å². The number of hydrogen-bond donors (Lipinski definition) is 1. The number of imidazole rings is 1. The van der Waals surface area contributed by atoms with Crippen molar-refractivity contribution in [1.29, 1.82) is 0 Å². The molecule has 1 amide bonds. The van der Waals surface area contributed by atoms with E-state index in [1.807, 2.05) is 30.3 Å². The third-order valence-corrected chi connectivity index (χ3v) is 6.29. The zero-order valence-electron chi connectivity index (χ0n) is 14.4. The molecular formula is C17H21FN4O3S. The number of nitrogens with zero attached hydrogens (tertiary/aromatic N) is 3. The third-order valence-electron chi connectivity index (χ3n) is 4.50. The van der Waals surface area contributed by atoms with E-state index in [1.54, 1.807) is 7.05 Å². The maximum atomic E-state index is 15.0. The van der Waals surface area contributed by atoms with E-state index in [9.17, 15) is 17.6 Å². The first kappa shape index (κ1) is 18.5. The van der Waals surface area contributed by atoms with Crippen LogP contribution in [0.2, 0.25) is 0 Å². The normalized spacial score (nSPS) is 17.8. The van der Waals surface area contributed by atoms with Gasteiger partial charge in [-0.25, -0.2) is 17.8 Å². The topological polar surface area (TPSA) is 84.3 Å². The summed E-state index contributed by atoms with van der Waals surface area (Å²) in [6.07, 6.45) is 2.44. The van der Waals surface area contributed by atoms with Gasteiger partial charge in [-0.05, 0) is 5.56 Å². The molecule has 0 unspecified atom stereocenters. The molecular weight excluding hydrogens is 359 g/mol. The quantitative estimate of drug-likeness (QED) is 0.846. The predicted octanol–water partition coefficient (Wildman–Crippen LogP) is 1.23. The SMILES string of the molecule is Cn1cnc(S(=O)(=O)N2CCC(F)(C(=O)NCc3ccccc3)CC2)c1. The number of sulfonamides is 1. The molecule has 26 heavy (non-hydrogen) atoms. The number of aryl methyl sites for hydroxylation is 1. The van der Waals surface area contributed by atoms with E-state index in [4.69, 9.17) is 0 Å². The number of carbonyl (C=O) groups is 1. The zero-order valence-corrected chi connectivity index (χ0v) is 15.2. The molecule has 2 heterocycles. The standard InChI is InChI=1S/C17H21FN4O3S/c1-21-12-15(20-13-21)26(24,25)22-9-7-17(18,8-10-22)16(23)19-11-14-5-3-2-4-6-14/h2-6,12-13H,7-11H2,1H3,(H,19,23). The zero-order chi connectivity index (χ0) is 18.8. The fourth-order valence-electron chi connectivity index (χ4n) is 2.90. The van der Waals surface area contributed by atoms with Gasteiger partial charge in [-0.15, -0.1) is 0 Å². The minimum atomic E-state index is -3.77. The Balaban J connectivity index is 1.60. The second-order valence-electron chi connectivity index (χ2n) is 6.42. The number of piperidine rings is 1. The molecule has 140 valence electrons. The van der Waals surface area contributed by atoms with Crippen LogP contribution in [0.3, 0.4) is 0 Å². The van der Waals surface area contributed by atoms with Gasteiger partial charge in [0.15, 0.2) is 10.7 Å². The second-order valence-corrected chi connectivity index (χ2v) is 8.30. The molecule has 1 aromatic heterocycles. The van der Waals surface area contributed by atoms with Crippen LogP contribution in [0.15, 0.2) is 47.9 Å². The Hall–Kier alpha value is -2.26. The lowest BCUT2D eigenvalue weighted by molar-refractivity contribution is -0.135. The summed E-state index contributed by atoms with van der Waals surface area (Å²) in [5.41, 5.74) is -1.19. The number of nitrogens with one attached hydrogen (secondary N) is 1. The lowest BCUT2D eigenvalue weighted by Gasteiger charge is -2.34. The van der Waals surface area contributed by atoms with Crippen molar-refractivity contribution in [3.05, 3.63) is 48.4 Å². The highest BCUT2D eigenvalue weighted by atomic mass is 32.2. The van der Waals surface area contributed by atoms with Crippen molar-refractivity contribution in [2.45, 2.75) is 30.1 Å². The van der Waals surface area contributed by atoms with E-state index in [2.05, 4.69) is 10.3 Å². The Morgan fingerprint density at radius 1 is 1.27 bits per heavy atom. The molecule has 2 aromatic rings. The van der Waals surface area contributed by atoms with Gasteiger partial charge in [0, 0.05) is 45.7 Å². The molecule has 0 spiro atoms. The summed E-state index contributed by atoms with van der Waals surface area (Å²) in [6.45, 7) is 0.115. The Labute approximate surface area is 151 Å². The summed E-state index contributed by atoms with van der Waals surface area (Å²) < 4.78 is 42.7. The van der Waals surface area contributed by atoms with Gasteiger partial charge in [0.2, 0.25) is 0 Å². The van der Waals surface area contributed by atoms with Crippen molar-refractivity contribution in [2.24, 2.45) is 7.05 Å². The number of amides is 1. The molecule has 0 aliphatic carbocycles. The summed E-state index contributed by atoms with van der Waals surface area (Å²) in [4.78, 5) is 16.1. The van der Waals surface area contributed by atoms with E-state index in [0.717, 1.165) is 5.56 Å². The van der Waals surface area contributed by atoms with Crippen molar-refractivity contribution >= 4 is 15.9 Å². The van der Waals surface area contributed by atoms with Crippen molar-refractivity contribution in [3.63, 3.8) is 0 Å². The van der Waals surface area contributed by atoms with Gasteiger partial charge < -0.3 is 9.88 Å². The fourth-order valence-corrected chi connectivity index (χ4v) is 4.31. The maximum absolute atomic E-state index is 15.0. The smallest absolute Gasteiger partial charge is 0.262 e. The minimum Gasteiger partial charge on any atom is -0.349 e. The summed E-state index contributed by atoms with van der Waals surface area (Å²) in [5.74, 6) is -0.698. The summed E-state index contributed by atoms with van der Waals surface area (Å²) in [7, 11) is -2.10. The van der Waals surface area contributed by atoms with Crippen LogP contribution < -0.4 is 5.32 Å². The second kappa shape index (κ2) is 7.16. The van der Waals surface area contributed by atoms with E-state index in [-0.39, 0.29) is 37.5 Å². The summed E-state index contributed by atoms with van der Waals surface area (Å²) >= 11 is 0. The number of alkyl halides is 1. The van der Waals surface area contributed by atoms with Gasteiger partial charge in [0.05, 0.1) is 6.33 Å². The molecule has 3 rings (SSSR count). The highest BCUT2D eigenvalue weighted by Crippen LogP contribution is 2.29. The molecule has 1 aliphatic rings. The van der Waals surface area contributed by atoms with Crippen LogP contribution in [0.25, 0.3) is 0 Å². The van der Waals surface area contributed by atoms with E-state index >= 15 is 0 Å². The van der Waals surface area contributed by atoms with Crippen molar-refractivity contribution < 1.29 is 17.6 Å². The highest BCUT2D eigenvalue weighted by molar-refractivity contribution is 7.89. The van der Waals surface area contributed by atoms with E-state index in [1.165, 1.54) is 21.4 Å². The molecule has 7 nitrogen and oxygen atoms in total. The van der Waals surface area contributed by atoms with E-state index < -0.39 is 21.6 Å². The van der Waals surface area contributed by atoms with Crippen molar-refractivity contribution in [2.75, 3.05) is 13.1 Å². The third kappa shape index (κ3) is 3.78. The van der Waals surface area contributed by atoms with Gasteiger partial charge in [0.1, 0.15) is 0 Å². The first-order valence-corrected chi connectivity index (χ1v) is 9.74. The molecule has 0 radical (unpaired) electrons. The Morgan fingerprint density at radius 3 is 2.50 bits per heavy atom. The molecule has 1 aliphatic heterocycles. The lowest BCUT2D eigenvalue weighted by Crippen LogP contribution is -2.52. The lowest BCUT2D eigenvalue weighted by atomic mass is 9.93. The molecule has 1 N–H and O–H groups in total. The number of carbonyl (C=O) groups excluding carboxylic acids is 1. The van der Waals surface area contributed by atoms with Gasteiger partial charge in [-0.2, -0.15) is 4.31 Å². The number of halogens is 1. The molecule has 1 fully saturated rings. The van der Waals surface area contributed by atoms with Crippen molar-refractivity contribution in [3.8, 4) is 0 Å². The number of rotatable bonds is 5. The summed E-state index contributed by atoms with van der Waals surface area (Å²) in [6, 6.07) is 9.22. The predicted molar refractivity (Wildman–Crippen MR) is 93.3 cm³/mol. The van der Waals surface area contributed by atoms with Crippen LogP contribution in [0, 0.1) is 0 Å². The Morgan fingerprint density at radius 2 is 1.92 bits per heavy atom. The molecule has 1 saturated heterocycles. The van der Waals surface area contributed by atoms with Crippen LogP contribution in [0.4, 0.5) is 4.39 Å². The Kier molecular flexibility index (Phi) is 5.10. The minimum absolute atomic E-state index is 0.0613. The first-order valence-electron chi connectivity index (χ1n) is 8.30. The fraction of sp³-hybridized carbons (Fsp3) is 0.412. The molecule has 0 saturated carbocycles. The molecule has 0 atom stereocenters. The van der Waals surface area contributed by atoms with Gasteiger partial charge in [-0.1, -0.05) is 30.3 Å². The molecule has 9 heteroatoms. The number of aromatic nitrogens is 2. The summed E-state index contributed by atoms with van der Waals surface area (Å²) in [5, 5.41) is 2.53. The van der Waals surface area contributed by atoms with Crippen LogP contribution in [-0.4, -0.2) is 46.9 Å². The largest absolute Gasteiger partial charge is 0.349 e. The van der Waals surface area contributed by atoms with Gasteiger partial charge in [0.25, 0.3) is 15.9 Å². The number of benzene rings is 1. The maximum Gasteiger partial charge on any atom is 0.262 e. The van der Waals surface area contributed by atoms with Crippen LogP contribution in [0.1, 0.15) is 18.4 Å². The van der Waals surface area contributed by atoms with Crippen LogP contribution >= 0.6 is 0 Å². The Bertz CT molecular complexity index is 874. The monoisotopic (exact) mass is 380 g/mol. The first-order chi connectivity index (χ1) is 12.3. The molecule has 1 aromatic carbocycles. The average Bonchev–Trinajstić information content (AvgIpc) is 3.08. The van der Waals surface area contributed by atoms with Gasteiger partial charge in [-0.3, -0.25) is 4.79 Å². The average molecular weight is 380 g/mol. The highest BCUT2D eigenvalue weighted by Gasteiger charge is 2.44. The van der Waals surface area contributed by atoms with Gasteiger partial charge >= 0.3 is 0 Å². The number of hydrogen-bond acceptors (Lipinski definition) is 4.